The summed E-state index contributed by atoms with van der Waals surface area (Å²) in [7, 11) is 0. The summed E-state index contributed by atoms with van der Waals surface area (Å²) in [5, 5.41) is 38.5. The quantitative estimate of drug-likeness (QED) is 0.0447. The van der Waals surface area contributed by atoms with Gasteiger partial charge in [-0.05, 0) is 109 Å². The lowest BCUT2D eigenvalue weighted by Gasteiger charge is -2.19. The van der Waals surface area contributed by atoms with Crippen molar-refractivity contribution >= 4 is 92.3 Å². The molecular weight excluding hydrogens is 933 g/mol. The van der Waals surface area contributed by atoms with Crippen molar-refractivity contribution in [1.82, 2.24) is 9.13 Å². The summed E-state index contributed by atoms with van der Waals surface area (Å²) in [5.41, 5.74) is 7.99. The summed E-state index contributed by atoms with van der Waals surface area (Å²) < 4.78 is 4.27. The first kappa shape index (κ1) is 47.4. The average Bonchev–Trinajstić information content (AvgIpc) is 3.96. The molecule has 8 nitrogen and oxygen atoms in total. The van der Waals surface area contributed by atoms with E-state index in [9.17, 15) is 10.2 Å². The van der Waals surface area contributed by atoms with E-state index in [-0.39, 0.29) is 0 Å². The van der Waals surface area contributed by atoms with Crippen LogP contribution < -0.4 is 10.0 Å². The summed E-state index contributed by atoms with van der Waals surface area (Å²) in [4.78, 5) is 4.52. The minimum Gasteiger partial charge on any atom is -0.390 e. The number of nitrogens with zero attached hydrogens (tertiary/aromatic N) is 6. The fourth-order valence-electron chi connectivity index (χ4n) is 8.43. The highest BCUT2D eigenvalue weighted by Crippen LogP contribution is 2.33. The highest BCUT2D eigenvalue weighted by molar-refractivity contribution is 8.00. The lowest BCUT2D eigenvalue weighted by atomic mass is 10.2. The molecule has 0 saturated heterocycles. The van der Waals surface area contributed by atoms with Crippen LogP contribution in [-0.4, -0.2) is 55.5 Å². The predicted molar refractivity (Wildman–Crippen MR) is 300 cm³/mol. The van der Waals surface area contributed by atoms with E-state index >= 15 is 0 Å². The second kappa shape index (κ2) is 23.1. The number of aromatic nitrogens is 2. The second-order valence-corrected chi connectivity index (χ2v) is 20.3. The number of aliphatic hydroxyl groups excluding tert-OH is 2. The summed E-state index contributed by atoms with van der Waals surface area (Å²) in [5.74, 6) is 1.13. The van der Waals surface area contributed by atoms with E-state index in [4.69, 9.17) is 10.2 Å². The molecule has 352 valence electrons. The molecule has 0 bridgehead atoms. The number of thioether (sulfide) groups is 2. The second-order valence-electron chi connectivity index (χ2n) is 16.9. The molecule has 0 aliphatic carbocycles. The minimum atomic E-state index is -0.554. The van der Waals surface area contributed by atoms with E-state index in [1.165, 1.54) is 0 Å². The van der Waals surface area contributed by atoms with Crippen LogP contribution in [0.25, 0.3) is 21.8 Å². The Bertz CT molecular complexity index is 3030. The van der Waals surface area contributed by atoms with Gasteiger partial charge in [0.2, 0.25) is 0 Å². The standard InChI is InChI=1S/C60H52N6O2S3/c67-51(41-63-39-45(57-25-13-15-27-59(57)63)37-61-65(47-17-5-1-6-18-47)48-19-7-2-8-20-48)43-69-53-29-33-55(34-30-53)71-56-35-31-54(32-36-56)70-44-52(68)42-64-40-46(58-26-14-16-28-60(58)64)38-62-66(49-21-9-3-10-22-49)50-23-11-4-12-24-50/h1-40,51-52,67-68H,41-44H2. The Morgan fingerprint density at radius 1 is 0.394 bits per heavy atom. The van der Waals surface area contributed by atoms with Crippen molar-refractivity contribution in [2.75, 3.05) is 21.5 Å². The number of anilines is 4. The number of hydrogen-bond donors (Lipinski definition) is 2. The molecule has 2 unspecified atom stereocenters. The Hall–Kier alpha value is -7.25. The molecule has 11 heteroatoms. The molecule has 0 saturated carbocycles. The van der Waals surface area contributed by atoms with Crippen molar-refractivity contribution in [3.8, 4) is 0 Å². The molecule has 2 aromatic heterocycles. The SMILES string of the molecule is OC(CSc1ccc(Sc2ccc(SCC(O)Cn3cc(C=NN(c4ccccc4)c4ccccc4)c4ccccc43)cc2)cc1)Cn1cc(C=NN(c2ccccc2)c2ccccc2)c2ccccc21. The number of fused-ring (bicyclic) bond motifs is 2. The molecule has 10 aromatic rings. The molecule has 0 fully saturated rings. The van der Waals surface area contributed by atoms with Crippen LogP contribution in [0.1, 0.15) is 11.1 Å². The normalized spacial score (nSPS) is 12.5. The monoisotopic (exact) mass is 984 g/mol. The largest absolute Gasteiger partial charge is 0.390 e. The van der Waals surface area contributed by atoms with Crippen molar-refractivity contribution < 1.29 is 10.2 Å². The maximum absolute atomic E-state index is 11.3. The van der Waals surface area contributed by atoms with Gasteiger partial charge in [0.25, 0.3) is 0 Å². The molecule has 0 aliphatic rings. The lowest BCUT2D eigenvalue weighted by Crippen LogP contribution is -2.17. The molecule has 0 amide bonds. The Labute approximate surface area is 427 Å². The molecule has 0 aliphatic heterocycles. The average molecular weight is 985 g/mol. The third kappa shape index (κ3) is 12.0. The van der Waals surface area contributed by atoms with Crippen LogP contribution in [0.2, 0.25) is 0 Å². The Morgan fingerprint density at radius 2 is 0.704 bits per heavy atom. The van der Waals surface area contributed by atoms with Crippen LogP contribution in [0.3, 0.4) is 0 Å². The van der Waals surface area contributed by atoms with Gasteiger partial charge in [-0.3, -0.25) is 0 Å². The smallest absolute Gasteiger partial charge is 0.0812 e. The number of hydrazone groups is 2. The van der Waals surface area contributed by atoms with E-state index < -0.39 is 12.2 Å². The molecule has 0 spiro atoms. The van der Waals surface area contributed by atoms with Gasteiger partial charge >= 0.3 is 0 Å². The van der Waals surface area contributed by atoms with E-state index in [1.54, 1.807) is 35.3 Å². The van der Waals surface area contributed by atoms with Gasteiger partial charge in [0.1, 0.15) is 0 Å². The van der Waals surface area contributed by atoms with Crippen LogP contribution >= 0.6 is 35.3 Å². The van der Waals surface area contributed by atoms with E-state index in [2.05, 4.69) is 143 Å². The fraction of sp³-hybridized carbons (Fsp3) is 0.100. The van der Waals surface area contributed by atoms with E-state index in [0.29, 0.717) is 24.6 Å². The summed E-state index contributed by atoms with van der Waals surface area (Å²) in [6, 6.07) is 74.2. The van der Waals surface area contributed by atoms with Crippen molar-refractivity contribution in [2.45, 2.75) is 44.9 Å². The highest BCUT2D eigenvalue weighted by atomic mass is 32.2. The minimum absolute atomic E-state index is 0.468. The van der Waals surface area contributed by atoms with Crippen molar-refractivity contribution in [2.24, 2.45) is 10.2 Å². The van der Waals surface area contributed by atoms with E-state index in [0.717, 1.165) is 75.3 Å². The Kier molecular flexibility index (Phi) is 15.4. The number of para-hydroxylation sites is 6. The van der Waals surface area contributed by atoms with Gasteiger partial charge in [0, 0.05) is 89.5 Å². The third-order valence-electron chi connectivity index (χ3n) is 11.8. The van der Waals surface area contributed by atoms with Crippen LogP contribution in [0, 0.1) is 0 Å². The summed E-state index contributed by atoms with van der Waals surface area (Å²) >= 11 is 5.04. The highest BCUT2D eigenvalue weighted by Gasteiger charge is 2.16. The molecule has 10 rings (SSSR count). The number of hydrogen-bond acceptors (Lipinski definition) is 9. The van der Waals surface area contributed by atoms with Crippen LogP contribution in [0.15, 0.2) is 261 Å². The first-order chi connectivity index (χ1) is 35.0. The summed E-state index contributed by atoms with van der Waals surface area (Å²) in [6.07, 6.45) is 6.88. The first-order valence-electron chi connectivity index (χ1n) is 23.5. The van der Waals surface area contributed by atoms with Gasteiger partial charge in [-0.15, -0.1) is 23.5 Å². The molecule has 8 aromatic carbocycles. The number of rotatable bonds is 20. The van der Waals surface area contributed by atoms with Crippen molar-refractivity contribution in [3.63, 3.8) is 0 Å². The number of benzene rings is 8. The Morgan fingerprint density at radius 3 is 1.06 bits per heavy atom. The molecular formula is C60H52N6O2S3. The lowest BCUT2D eigenvalue weighted by molar-refractivity contribution is 0.179. The van der Waals surface area contributed by atoms with Gasteiger partial charge in [-0.1, -0.05) is 121 Å². The van der Waals surface area contributed by atoms with Gasteiger partial charge in [-0.2, -0.15) is 10.2 Å². The molecule has 2 atom stereocenters. The van der Waals surface area contributed by atoms with Gasteiger partial charge in [0.15, 0.2) is 0 Å². The zero-order valence-corrected chi connectivity index (χ0v) is 41.3. The predicted octanol–water partition coefficient (Wildman–Crippen LogP) is 14.4. The zero-order chi connectivity index (χ0) is 48.2. The maximum Gasteiger partial charge on any atom is 0.0812 e. The van der Waals surface area contributed by atoms with Crippen molar-refractivity contribution in [3.05, 3.63) is 242 Å². The first-order valence-corrected chi connectivity index (χ1v) is 26.3. The van der Waals surface area contributed by atoms with Crippen LogP contribution in [-0.2, 0) is 13.1 Å². The van der Waals surface area contributed by atoms with Crippen molar-refractivity contribution in [1.29, 1.82) is 0 Å². The third-order valence-corrected chi connectivity index (χ3v) is 15.2. The molecule has 0 radical (unpaired) electrons. The van der Waals surface area contributed by atoms with Gasteiger partial charge in [-0.25, -0.2) is 10.0 Å². The topological polar surface area (TPSA) is 81.5 Å². The summed E-state index contributed by atoms with van der Waals surface area (Å²) in [6.45, 7) is 0.935. The fourth-order valence-corrected chi connectivity index (χ4v) is 10.9. The van der Waals surface area contributed by atoms with Crippen LogP contribution in [0.4, 0.5) is 22.7 Å². The zero-order valence-electron chi connectivity index (χ0n) is 38.9. The van der Waals surface area contributed by atoms with Gasteiger partial charge in [0.05, 0.1) is 47.4 Å². The van der Waals surface area contributed by atoms with Crippen LogP contribution in [0.5, 0.6) is 0 Å². The maximum atomic E-state index is 11.3. The molecule has 2 N–H and O–H groups in total. The van der Waals surface area contributed by atoms with E-state index in [1.807, 2.05) is 120 Å². The number of aliphatic hydroxyl groups is 2. The Balaban J connectivity index is 0.711. The van der Waals surface area contributed by atoms with Gasteiger partial charge < -0.3 is 19.3 Å². The molecule has 71 heavy (non-hydrogen) atoms. The molecule has 2 heterocycles.